The van der Waals surface area contributed by atoms with E-state index in [1.807, 2.05) is 6.92 Å². The van der Waals surface area contributed by atoms with Gasteiger partial charge in [0.1, 0.15) is 11.5 Å². The van der Waals surface area contributed by atoms with Crippen LogP contribution in [0.25, 0.3) is 0 Å². The lowest BCUT2D eigenvalue weighted by Gasteiger charge is -2.14. The van der Waals surface area contributed by atoms with Gasteiger partial charge in [0.2, 0.25) is 0 Å². The minimum absolute atomic E-state index is 0.107. The van der Waals surface area contributed by atoms with Crippen molar-refractivity contribution in [2.24, 2.45) is 0 Å². The molecular weight excluding hydrogens is 178 g/mol. The molecule has 1 heterocycles. The Labute approximate surface area is 83.4 Å². The number of hydrogen-bond acceptors (Lipinski definition) is 3. The Bertz CT molecular complexity index is 320. The van der Waals surface area contributed by atoms with E-state index in [9.17, 15) is 10.2 Å². The van der Waals surface area contributed by atoms with Crippen LogP contribution in [-0.2, 0) is 0 Å². The molecule has 3 nitrogen and oxygen atoms in total. The van der Waals surface area contributed by atoms with Crippen molar-refractivity contribution in [1.29, 1.82) is 0 Å². The third-order valence-corrected chi connectivity index (χ3v) is 2.69. The fraction of sp³-hybridized carbons (Fsp3) is 0.455. The van der Waals surface area contributed by atoms with Crippen LogP contribution >= 0.6 is 0 Å². The molecule has 1 fully saturated rings. The van der Waals surface area contributed by atoms with Crippen LogP contribution in [0.5, 0.6) is 11.5 Å². The van der Waals surface area contributed by atoms with Crippen LogP contribution in [0, 0.1) is 6.92 Å². The van der Waals surface area contributed by atoms with E-state index in [4.69, 9.17) is 0 Å². The second-order valence-corrected chi connectivity index (χ2v) is 3.87. The third kappa shape index (κ3) is 1.55. The van der Waals surface area contributed by atoms with Crippen molar-refractivity contribution in [1.82, 2.24) is 5.32 Å². The van der Waals surface area contributed by atoms with Gasteiger partial charge in [0.15, 0.2) is 0 Å². The van der Waals surface area contributed by atoms with Gasteiger partial charge >= 0.3 is 0 Å². The number of nitrogens with one attached hydrogen (secondary N) is 1. The van der Waals surface area contributed by atoms with Gasteiger partial charge in [-0.25, -0.2) is 0 Å². The van der Waals surface area contributed by atoms with Gasteiger partial charge in [0.25, 0.3) is 0 Å². The number of benzene rings is 1. The Morgan fingerprint density at radius 1 is 1.29 bits per heavy atom. The summed E-state index contributed by atoms with van der Waals surface area (Å²) in [4.78, 5) is 0. The van der Waals surface area contributed by atoms with Crippen molar-refractivity contribution >= 4 is 0 Å². The van der Waals surface area contributed by atoms with Crippen LogP contribution < -0.4 is 5.32 Å². The van der Waals surface area contributed by atoms with E-state index >= 15 is 0 Å². The zero-order valence-electron chi connectivity index (χ0n) is 8.25. The monoisotopic (exact) mass is 193 g/mol. The van der Waals surface area contributed by atoms with E-state index in [0.717, 1.165) is 24.9 Å². The van der Waals surface area contributed by atoms with E-state index in [0.29, 0.717) is 5.56 Å². The van der Waals surface area contributed by atoms with E-state index < -0.39 is 0 Å². The Kier molecular flexibility index (Phi) is 2.33. The number of aryl methyl sites for hydroxylation is 1. The molecule has 1 atom stereocenters. The second-order valence-electron chi connectivity index (χ2n) is 3.87. The summed E-state index contributed by atoms with van der Waals surface area (Å²) >= 11 is 0. The van der Waals surface area contributed by atoms with Gasteiger partial charge in [-0.1, -0.05) is 0 Å². The molecule has 1 aliphatic heterocycles. The number of phenols is 2. The summed E-state index contributed by atoms with van der Waals surface area (Å²) in [5.74, 6) is 0.392. The highest BCUT2D eigenvalue weighted by atomic mass is 16.3. The molecule has 3 heteroatoms. The molecule has 0 radical (unpaired) electrons. The van der Waals surface area contributed by atoms with E-state index in [2.05, 4.69) is 5.32 Å². The normalized spacial score (nSPS) is 21.4. The molecule has 0 unspecified atom stereocenters. The highest BCUT2D eigenvalue weighted by molar-refractivity contribution is 5.48. The first-order valence-corrected chi connectivity index (χ1v) is 4.94. The average molecular weight is 193 g/mol. The second kappa shape index (κ2) is 3.50. The Morgan fingerprint density at radius 2 is 1.93 bits per heavy atom. The summed E-state index contributed by atoms with van der Waals surface area (Å²) in [5, 5.41) is 22.7. The van der Waals surface area contributed by atoms with Crippen molar-refractivity contribution in [2.75, 3.05) is 6.54 Å². The van der Waals surface area contributed by atoms with Crippen molar-refractivity contribution in [2.45, 2.75) is 25.8 Å². The largest absolute Gasteiger partial charge is 0.507 e. The molecule has 0 bridgehead atoms. The summed E-state index contributed by atoms with van der Waals surface area (Å²) in [6, 6.07) is 3.49. The van der Waals surface area contributed by atoms with Crippen LogP contribution in [-0.4, -0.2) is 16.8 Å². The Balaban J connectivity index is 2.40. The van der Waals surface area contributed by atoms with E-state index in [-0.39, 0.29) is 17.5 Å². The molecular formula is C11H15NO2. The number of rotatable bonds is 1. The van der Waals surface area contributed by atoms with Gasteiger partial charge < -0.3 is 15.5 Å². The maximum atomic E-state index is 9.73. The molecule has 1 saturated heterocycles. The van der Waals surface area contributed by atoms with Gasteiger partial charge in [-0.3, -0.25) is 0 Å². The first-order chi connectivity index (χ1) is 6.68. The first kappa shape index (κ1) is 9.34. The molecule has 0 saturated carbocycles. The van der Waals surface area contributed by atoms with Gasteiger partial charge in [-0.15, -0.1) is 0 Å². The summed E-state index contributed by atoms with van der Waals surface area (Å²) in [7, 11) is 0. The molecule has 1 aromatic carbocycles. The number of aromatic hydroxyl groups is 2. The molecule has 76 valence electrons. The van der Waals surface area contributed by atoms with Crippen molar-refractivity contribution in [3.8, 4) is 11.5 Å². The molecule has 0 aliphatic carbocycles. The Morgan fingerprint density at radius 3 is 2.43 bits per heavy atom. The molecule has 0 aromatic heterocycles. The van der Waals surface area contributed by atoms with Crippen molar-refractivity contribution in [3.05, 3.63) is 23.3 Å². The van der Waals surface area contributed by atoms with Crippen LogP contribution in [0.2, 0.25) is 0 Å². The maximum Gasteiger partial charge on any atom is 0.124 e. The molecule has 14 heavy (non-hydrogen) atoms. The number of phenolic OH excluding ortho intramolecular Hbond substituents is 2. The lowest BCUT2D eigenvalue weighted by Crippen LogP contribution is -2.13. The minimum atomic E-state index is 0.107. The highest BCUT2D eigenvalue weighted by Gasteiger charge is 2.22. The lowest BCUT2D eigenvalue weighted by atomic mass is 10.0. The molecule has 2 rings (SSSR count). The van der Waals surface area contributed by atoms with E-state index in [1.54, 1.807) is 12.1 Å². The lowest BCUT2D eigenvalue weighted by molar-refractivity contribution is 0.422. The predicted molar refractivity (Wildman–Crippen MR) is 54.5 cm³/mol. The van der Waals surface area contributed by atoms with Crippen LogP contribution in [0.3, 0.4) is 0 Å². The Hall–Kier alpha value is -1.22. The fourth-order valence-corrected chi connectivity index (χ4v) is 2.05. The molecule has 0 spiro atoms. The average Bonchev–Trinajstić information content (AvgIpc) is 2.54. The topological polar surface area (TPSA) is 52.5 Å². The molecule has 3 N–H and O–H groups in total. The van der Waals surface area contributed by atoms with Gasteiger partial charge in [-0.05, 0) is 44.0 Å². The van der Waals surface area contributed by atoms with Gasteiger partial charge in [-0.2, -0.15) is 0 Å². The number of hydrogen-bond donors (Lipinski definition) is 3. The smallest absolute Gasteiger partial charge is 0.124 e. The summed E-state index contributed by atoms with van der Waals surface area (Å²) < 4.78 is 0. The van der Waals surface area contributed by atoms with E-state index in [1.165, 1.54) is 0 Å². The zero-order chi connectivity index (χ0) is 10.1. The maximum absolute atomic E-state index is 9.73. The summed E-state index contributed by atoms with van der Waals surface area (Å²) in [6.45, 7) is 2.81. The quantitative estimate of drug-likeness (QED) is 0.637. The predicted octanol–water partition coefficient (Wildman–Crippen LogP) is 1.83. The summed E-state index contributed by atoms with van der Waals surface area (Å²) in [6.07, 6.45) is 2.07. The third-order valence-electron chi connectivity index (χ3n) is 2.69. The van der Waals surface area contributed by atoms with Crippen molar-refractivity contribution in [3.63, 3.8) is 0 Å². The molecule has 1 aliphatic rings. The summed E-state index contributed by atoms with van der Waals surface area (Å²) in [5.41, 5.74) is 1.52. The first-order valence-electron chi connectivity index (χ1n) is 4.94. The van der Waals surface area contributed by atoms with Crippen LogP contribution in [0.1, 0.15) is 30.0 Å². The minimum Gasteiger partial charge on any atom is -0.507 e. The van der Waals surface area contributed by atoms with Crippen molar-refractivity contribution < 1.29 is 10.2 Å². The van der Waals surface area contributed by atoms with Gasteiger partial charge in [0.05, 0.1) is 5.56 Å². The van der Waals surface area contributed by atoms with Crippen LogP contribution in [0.15, 0.2) is 12.1 Å². The fourth-order valence-electron chi connectivity index (χ4n) is 2.05. The van der Waals surface area contributed by atoms with Gasteiger partial charge in [0, 0.05) is 6.04 Å². The highest BCUT2D eigenvalue weighted by Crippen LogP contribution is 2.37. The molecule has 1 aromatic rings. The standard InChI is InChI=1S/C11H15NO2/c1-7-5-9(13)11(10(14)6-7)8-3-2-4-12-8/h5-6,8,12-14H,2-4H2,1H3/t8-/m0/s1. The SMILES string of the molecule is Cc1cc(O)c([C@@H]2CCCN2)c(O)c1. The molecule has 0 amide bonds. The zero-order valence-corrected chi connectivity index (χ0v) is 8.25. The van der Waals surface area contributed by atoms with Crippen LogP contribution in [0.4, 0.5) is 0 Å².